The van der Waals surface area contributed by atoms with Crippen molar-refractivity contribution in [2.45, 2.75) is 13.0 Å². The average molecular weight is 287 g/mol. The van der Waals surface area contributed by atoms with E-state index in [1.807, 2.05) is 22.3 Å². The zero-order valence-corrected chi connectivity index (χ0v) is 10.5. The summed E-state index contributed by atoms with van der Waals surface area (Å²) in [5.74, 6) is 0. The highest BCUT2D eigenvalue weighted by Crippen LogP contribution is 2.31. The van der Waals surface area contributed by atoms with Gasteiger partial charge in [-0.3, -0.25) is 4.68 Å². The van der Waals surface area contributed by atoms with Crippen molar-refractivity contribution in [3.63, 3.8) is 0 Å². The van der Waals surface area contributed by atoms with Crippen LogP contribution in [0.3, 0.4) is 0 Å². The first kappa shape index (κ1) is 10.8. The van der Waals surface area contributed by atoms with E-state index in [9.17, 15) is 0 Å². The molecule has 0 unspecified atom stereocenters. The minimum Gasteiger partial charge on any atom is -0.330 e. The molecule has 0 atom stereocenters. The molecule has 0 fully saturated rings. The predicted molar refractivity (Wildman–Crippen MR) is 64.7 cm³/mol. The van der Waals surface area contributed by atoms with Gasteiger partial charge < -0.3 is 5.73 Å². The Morgan fingerprint density at radius 1 is 1.53 bits per heavy atom. The maximum Gasteiger partial charge on any atom is 0.124 e. The fourth-order valence-corrected chi connectivity index (χ4v) is 2.77. The van der Waals surface area contributed by atoms with Crippen molar-refractivity contribution >= 4 is 27.3 Å². The molecular weight excluding hydrogens is 276 g/mol. The highest BCUT2D eigenvalue weighted by Gasteiger charge is 2.08. The summed E-state index contributed by atoms with van der Waals surface area (Å²) in [6, 6.07) is 2.01. The molecule has 0 spiro atoms. The lowest BCUT2D eigenvalue weighted by Gasteiger charge is -1.95. The molecule has 0 amide bonds. The van der Waals surface area contributed by atoms with Crippen molar-refractivity contribution in [3.05, 3.63) is 22.1 Å². The third kappa shape index (κ3) is 2.45. The number of thiophene rings is 1. The molecule has 80 valence electrons. The molecule has 2 N–H and O–H groups in total. The molecule has 0 bridgehead atoms. The van der Waals surface area contributed by atoms with Gasteiger partial charge in [-0.1, -0.05) is 5.21 Å². The predicted octanol–water partition coefficient (Wildman–Crippen LogP) is 2.12. The summed E-state index contributed by atoms with van der Waals surface area (Å²) in [6.45, 7) is 1.50. The van der Waals surface area contributed by atoms with Gasteiger partial charge in [0.25, 0.3) is 0 Å². The molecule has 0 aliphatic carbocycles. The Bertz CT molecular complexity index is 437. The highest BCUT2D eigenvalue weighted by molar-refractivity contribution is 9.10. The van der Waals surface area contributed by atoms with Crippen molar-refractivity contribution in [2.75, 3.05) is 6.54 Å². The van der Waals surface area contributed by atoms with E-state index in [4.69, 9.17) is 5.73 Å². The number of aryl methyl sites for hydroxylation is 1. The molecule has 0 saturated carbocycles. The summed E-state index contributed by atoms with van der Waals surface area (Å²) in [7, 11) is 0. The van der Waals surface area contributed by atoms with Gasteiger partial charge in [0.05, 0.1) is 11.1 Å². The second-order valence-corrected chi connectivity index (χ2v) is 4.88. The first-order valence-corrected chi connectivity index (χ1v) is 6.32. The third-order valence-corrected chi connectivity index (χ3v) is 3.84. The van der Waals surface area contributed by atoms with Crippen LogP contribution < -0.4 is 5.73 Å². The zero-order valence-electron chi connectivity index (χ0n) is 8.06. The summed E-state index contributed by atoms with van der Waals surface area (Å²) >= 11 is 5.13. The molecule has 4 nitrogen and oxygen atoms in total. The van der Waals surface area contributed by atoms with Gasteiger partial charge in [-0.25, -0.2) is 0 Å². The number of aromatic nitrogens is 3. The monoisotopic (exact) mass is 286 g/mol. The van der Waals surface area contributed by atoms with Gasteiger partial charge in [0.2, 0.25) is 0 Å². The Hall–Kier alpha value is -0.720. The Balaban J connectivity index is 2.17. The number of nitrogens with two attached hydrogens (primary N) is 1. The molecule has 0 aliphatic heterocycles. The van der Waals surface area contributed by atoms with Crippen LogP contribution in [0, 0.1) is 0 Å². The molecule has 15 heavy (non-hydrogen) atoms. The molecule has 2 aromatic rings. The van der Waals surface area contributed by atoms with Crippen molar-refractivity contribution in [3.8, 4) is 10.6 Å². The summed E-state index contributed by atoms with van der Waals surface area (Å²) in [5, 5.41) is 10.2. The van der Waals surface area contributed by atoms with Gasteiger partial charge in [0.15, 0.2) is 0 Å². The van der Waals surface area contributed by atoms with Gasteiger partial charge >= 0.3 is 0 Å². The van der Waals surface area contributed by atoms with Crippen molar-refractivity contribution in [1.29, 1.82) is 0 Å². The second-order valence-electron chi connectivity index (χ2n) is 3.11. The van der Waals surface area contributed by atoms with Gasteiger partial charge in [-0.05, 0) is 40.3 Å². The molecule has 0 saturated heterocycles. The molecule has 0 radical (unpaired) electrons. The quantitative estimate of drug-likeness (QED) is 0.937. The zero-order chi connectivity index (χ0) is 10.7. The van der Waals surface area contributed by atoms with E-state index in [1.165, 1.54) is 0 Å². The fourth-order valence-electron chi connectivity index (χ4n) is 1.24. The molecule has 0 aromatic carbocycles. The Morgan fingerprint density at radius 3 is 3.07 bits per heavy atom. The molecule has 2 aromatic heterocycles. The first-order chi connectivity index (χ1) is 7.31. The van der Waals surface area contributed by atoms with Crippen LogP contribution in [-0.4, -0.2) is 21.5 Å². The molecule has 6 heteroatoms. The van der Waals surface area contributed by atoms with Crippen LogP contribution in [0.15, 0.2) is 22.1 Å². The lowest BCUT2D eigenvalue weighted by Crippen LogP contribution is -2.06. The van der Waals surface area contributed by atoms with Gasteiger partial charge in [0.1, 0.15) is 5.69 Å². The minimum atomic E-state index is 0.678. The van der Waals surface area contributed by atoms with Crippen LogP contribution in [0.2, 0.25) is 0 Å². The number of hydrogen-bond acceptors (Lipinski definition) is 4. The Morgan fingerprint density at radius 2 is 2.40 bits per heavy atom. The third-order valence-electron chi connectivity index (χ3n) is 1.98. The number of hydrogen-bond donors (Lipinski definition) is 1. The number of halogens is 1. The Labute approximate surface area is 100 Å². The molecular formula is C9H11BrN4S. The lowest BCUT2D eigenvalue weighted by atomic mass is 10.4. The molecule has 2 heterocycles. The van der Waals surface area contributed by atoms with E-state index < -0.39 is 0 Å². The van der Waals surface area contributed by atoms with Crippen LogP contribution >= 0.6 is 27.3 Å². The van der Waals surface area contributed by atoms with Crippen LogP contribution in [0.4, 0.5) is 0 Å². The van der Waals surface area contributed by atoms with Crippen LogP contribution in [0.1, 0.15) is 6.42 Å². The summed E-state index contributed by atoms with van der Waals surface area (Å²) in [5.41, 5.74) is 6.35. The lowest BCUT2D eigenvalue weighted by molar-refractivity contribution is 0.564. The smallest absolute Gasteiger partial charge is 0.124 e. The maximum atomic E-state index is 5.43. The van der Waals surface area contributed by atoms with E-state index >= 15 is 0 Å². The second kappa shape index (κ2) is 4.87. The minimum absolute atomic E-state index is 0.678. The van der Waals surface area contributed by atoms with Crippen LogP contribution in [0.25, 0.3) is 10.6 Å². The molecule has 0 aliphatic rings. The van der Waals surface area contributed by atoms with Crippen molar-refractivity contribution in [1.82, 2.24) is 15.0 Å². The SMILES string of the molecule is NCCCn1cc(-c2sccc2Br)nn1. The topological polar surface area (TPSA) is 56.7 Å². The maximum absolute atomic E-state index is 5.43. The summed E-state index contributed by atoms with van der Waals surface area (Å²) in [4.78, 5) is 1.12. The highest BCUT2D eigenvalue weighted by atomic mass is 79.9. The van der Waals surface area contributed by atoms with E-state index in [0.717, 1.165) is 28.0 Å². The van der Waals surface area contributed by atoms with E-state index in [0.29, 0.717) is 6.54 Å². The standard InChI is InChI=1S/C9H11BrN4S/c10-7-2-5-15-9(7)8-6-14(13-12-8)4-1-3-11/h2,5-6H,1,3-4,11H2. The summed E-state index contributed by atoms with van der Waals surface area (Å²) < 4.78 is 2.90. The fraction of sp³-hybridized carbons (Fsp3) is 0.333. The van der Waals surface area contributed by atoms with E-state index in [1.54, 1.807) is 11.3 Å². The largest absolute Gasteiger partial charge is 0.330 e. The number of nitrogens with zero attached hydrogens (tertiary/aromatic N) is 3. The van der Waals surface area contributed by atoms with Gasteiger partial charge in [0, 0.05) is 11.0 Å². The van der Waals surface area contributed by atoms with Crippen LogP contribution in [0.5, 0.6) is 0 Å². The number of rotatable bonds is 4. The molecule has 2 rings (SSSR count). The average Bonchev–Trinajstić information content (AvgIpc) is 2.83. The van der Waals surface area contributed by atoms with Crippen LogP contribution in [-0.2, 0) is 6.54 Å². The van der Waals surface area contributed by atoms with Crippen molar-refractivity contribution < 1.29 is 0 Å². The van der Waals surface area contributed by atoms with Gasteiger partial charge in [-0.15, -0.1) is 16.4 Å². The summed E-state index contributed by atoms with van der Waals surface area (Å²) in [6.07, 6.45) is 2.88. The van der Waals surface area contributed by atoms with E-state index in [2.05, 4.69) is 26.2 Å². The van der Waals surface area contributed by atoms with E-state index in [-0.39, 0.29) is 0 Å². The Kier molecular flexibility index (Phi) is 3.50. The van der Waals surface area contributed by atoms with Crippen molar-refractivity contribution in [2.24, 2.45) is 5.73 Å². The normalized spacial score (nSPS) is 10.8. The first-order valence-electron chi connectivity index (χ1n) is 4.65. The van der Waals surface area contributed by atoms with Gasteiger partial charge in [-0.2, -0.15) is 0 Å².